The molecule has 0 amide bonds. The van der Waals surface area contributed by atoms with Gasteiger partial charge in [0.15, 0.2) is 0 Å². The Balaban J connectivity index is 3.03. The highest BCUT2D eigenvalue weighted by Gasteiger charge is 2.20. The molecular weight excluding hydrogens is 213 g/mol. The third-order valence-electron chi connectivity index (χ3n) is 3.37. The summed E-state index contributed by atoms with van der Waals surface area (Å²) in [6, 6.07) is 5.61. The molecule has 1 atom stereocenters. The zero-order valence-corrected chi connectivity index (χ0v) is 11.4. The Bertz CT molecular complexity index is 325. The number of rotatable bonds is 6. The maximum absolute atomic E-state index is 13.5. The lowest BCUT2D eigenvalue weighted by Crippen LogP contribution is -2.28. The summed E-state index contributed by atoms with van der Waals surface area (Å²) in [7, 11) is 0. The summed E-state index contributed by atoms with van der Waals surface area (Å²) in [6.07, 6.45) is 2.23. The van der Waals surface area contributed by atoms with Gasteiger partial charge in [0.25, 0.3) is 0 Å². The molecule has 17 heavy (non-hydrogen) atoms. The minimum absolute atomic E-state index is 0.131. The molecule has 0 heterocycles. The molecule has 1 N–H and O–H groups in total. The summed E-state index contributed by atoms with van der Waals surface area (Å²) in [5.74, 6) is 0.435. The van der Waals surface area contributed by atoms with Crippen molar-refractivity contribution in [1.29, 1.82) is 0 Å². The van der Waals surface area contributed by atoms with Crippen molar-refractivity contribution in [2.45, 2.75) is 46.6 Å². The zero-order chi connectivity index (χ0) is 12.8. The molecule has 0 spiro atoms. The van der Waals surface area contributed by atoms with Gasteiger partial charge < -0.3 is 5.32 Å². The second-order valence-corrected chi connectivity index (χ2v) is 4.67. The lowest BCUT2D eigenvalue weighted by Gasteiger charge is -2.27. The van der Waals surface area contributed by atoms with E-state index in [1.54, 1.807) is 12.1 Å². The third kappa shape index (κ3) is 3.81. The Labute approximate surface area is 104 Å². The van der Waals surface area contributed by atoms with Crippen molar-refractivity contribution >= 4 is 0 Å². The van der Waals surface area contributed by atoms with Crippen LogP contribution in [-0.4, -0.2) is 6.54 Å². The van der Waals surface area contributed by atoms with E-state index in [-0.39, 0.29) is 11.9 Å². The topological polar surface area (TPSA) is 12.0 Å². The number of hydrogen-bond donors (Lipinski definition) is 1. The van der Waals surface area contributed by atoms with Crippen LogP contribution < -0.4 is 5.32 Å². The van der Waals surface area contributed by atoms with Crippen LogP contribution in [0.15, 0.2) is 18.2 Å². The van der Waals surface area contributed by atoms with Gasteiger partial charge in [0.05, 0.1) is 0 Å². The van der Waals surface area contributed by atoms with Crippen molar-refractivity contribution in [3.8, 4) is 0 Å². The maximum atomic E-state index is 13.5. The zero-order valence-electron chi connectivity index (χ0n) is 11.4. The van der Waals surface area contributed by atoms with Crippen molar-refractivity contribution in [2.24, 2.45) is 5.92 Å². The van der Waals surface area contributed by atoms with Crippen LogP contribution in [0.4, 0.5) is 4.39 Å². The lowest BCUT2D eigenvalue weighted by atomic mass is 9.88. The predicted octanol–water partition coefficient (Wildman–Crippen LogP) is 4.22. The fraction of sp³-hybridized carbons (Fsp3) is 0.600. The van der Waals surface area contributed by atoms with Gasteiger partial charge in [-0.15, -0.1) is 0 Å². The SMILES string of the molecule is CCNC(c1cc(C)cc(F)c1)C(CC)CC. The predicted molar refractivity (Wildman–Crippen MR) is 71.6 cm³/mol. The van der Waals surface area contributed by atoms with E-state index in [0.29, 0.717) is 5.92 Å². The molecule has 0 aliphatic carbocycles. The van der Waals surface area contributed by atoms with E-state index < -0.39 is 0 Å². The highest BCUT2D eigenvalue weighted by atomic mass is 19.1. The van der Waals surface area contributed by atoms with Crippen LogP contribution in [0.25, 0.3) is 0 Å². The van der Waals surface area contributed by atoms with E-state index in [4.69, 9.17) is 0 Å². The Morgan fingerprint density at radius 1 is 1.12 bits per heavy atom. The van der Waals surface area contributed by atoms with Crippen LogP contribution >= 0.6 is 0 Å². The van der Waals surface area contributed by atoms with E-state index >= 15 is 0 Å². The van der Waals surface area contributed by atoms with Crippen molar-refractivity contribution < 1.29 is 4.39 Å². The second-order valence-electron chi connectivity index (χ2n) is 4.67. The summed E-state index contributed by atoms with van der Waals surface area (Å²) in [6.45, 7) is 9.36. The first-order valence-electron chi connectivity index (χ1n) is 6.62. The van der Waals surface area contributed by atoms with Gasteiger partial charge in [0.2, 0.25) is 0 Å². The average Bonchev–Trinajstić information content (AvgIpc) is 2.28. The molecule has 0 radical (unpaired) electrons. The van der Waals surface area contributed by atoms with Gasteiger partial charge in [-0.1, -0.05) is 39.7 Å². The molecule has 2 heteroatoms. The first kappa shape index (κ1) is 14.2. The maximum Gasteiger partial charge on any atom is 0.123 e. The highest BCUT2D eigenvalue weighted by Crippen LogP contribution is 2.28. The van der Waals surface area contributed by atoms with Crippen LogP contribution in [0, 0.1) is 18.7 Å². The fourth-order valence-electron chi connectivity index (χ4n) is 2.48. The van der Waals surface area contributed by atoms with Crippen molar-refractivity contribution in [1.82, 2.24) is 5.32 Å². The van der Waals surface area contributed by atoms with Gasteiger partial charge in [-0.25, -0.2) is 4.39 Å². The standard InChI is InChI=1S/C15H24FN/c1-5-12(6-2)15(17-7-3)13-8-11(4)9-14(16)10-13/h8-10,12,15,17H,5-7H2,1-4H3. The number of aryl methyl sites for hydroxylation is 1. The summed E-state index contributed by atoms with van der Waals surface area (Å²) in [4.78, 5) is 0. The molecule has 0 aromatic heterocycles. The fourth-order valence-corrected chi connectivity index (χ4v) is 2.48. The number of hydrogen-bond acceptors (Lipinski definition) is 1. The molecule has 0 aliphatic rings. The molecule has 0 fully saturated rings. The Kier molecular flexibility index (Phi) is 5.63. The Morgan fingerprint density at radius 2 is 1.76 bits per heavy atom. The number of benzene rings is 1. The first-order valence-corrected chi connectivity index (χ1v) is 6.62. The number of halogens is 1. The summed E-state index contributed by atoms with van der Waals surface area (Å²) >= 11 is 0. The van der Waals surface area contributed by atoms with Crippen LogP contribution in [0.1, 0.15) is 50.8 Å². The molecule has 0 saturated heterocycles. The van der Waals surface area contributed by atoms with Crippen LogP contribution in [-0.2, 0) is 0 Å². The summed E-state index contributed by atoms with van der Waals surface area (Å²) in [5.41, 5.74) is 2.08. The van der Waals surface area contributed by atoms with Crippen LogP contribution in [0.3, 0.4) is 0 Å². The Morgan fingerprint density at radius 3 is 2.24 bits per heavy atom. The Hall–Kier alpha value is -0.890. The van der Waals surface area contributed by atoms with Gasteiger partial charge in [-0.2, -0.15) is 0 Å². The van der Waals surface area contributed by atoms with Gasteiger partial charge in [-0.3, -0.25) is 0 Å². The largest absolute Gasteiger partial charge is 0.310 e. The molecule has 1 aromatic rings. The molecule has 1 nitrogen and oxygen atoms in total. The van der Waals surface area contributed by atoms with E-state index in [1.807, 2.05) is 6.92 Å². The van der Waals surface area contributed by atoms with Crippen molar-refractivity contribution in [3.63, 3.8) is 0 Å². The van der Waals surface area contributed by atoms with E-state index in [9.17, 15) is 4.39 Å². The van der Waals surface area contributed by atoms with E-state index in [2.05, 4.69) is 32.2 Å². The van der Waals surface area contributed by atoms with Crippen molar-refractivity contribution in [3.05, 3.63) is 35.1 Å². The minimum Gasteiger partial charge on any atom is -0.310 e. The molecule has 1 aromatic carbocycles. The third-order valence-corrected chi connectivity index (χ3v) is 3.37. The normalized spacial score (nSPS) is 13.1. The highest BCUT2D eigenvalue weighted by molar-refractivity contribution is 5.26. The molecule has 0 saturated carbocycles. The molecule has 0 aliphatic heterocycles. The second kappa shape index (κ2) is 6.75. The van der Waals surface area contributed by atoms with Gasteiger partial charge in [-0.05, 0) is 42.6 Å². The van der Waals surface area contributed by atoms with E-state index in [1.165, 1.54) is 0 Å². The molecule has 96 valence electrons. The van der Waals surface area contributed by atoms with E-state index in [0.717, 1.165) is 30.5 Å². The minimum atomic E-state index is -0.131. The molecule has 1 rings (SSSR count). The van der Waals surface area contributed by atoms with Gasteiger partial charge >= 0.3 is 0 Å². The van der Waals surface area contributed by atoms with Gasteiger partial charge in [0.1, 0.15) is 5.82 Å². The lowest BCUT2D eigenvalue weighted by molar-refractivity contribution is 0.345. The summed E-state index contributed by atoms with van der Waals surface area (Å²) < 4.78 is 13.5. The monoisotopic (exact) mass is 237 g/mol. The summed E-state index contributed by atoms with van der Waals surface area (Å²) in [5, 5.41) is 3.49. The smallest absolute Gasteiger partial charge is 0.123 e. The molecule has 1 unspecified atom stereocenters. The van der Waals surface area contributed by atoms with Crippen LogP contribution in [0.5, 0.6) is 0 Å². The quantitative estimate of drug-likeness (QED) is 0.781. The average molecular weight is 237 g/mol. The molecular formula is C15H24FN. The van der Waals surface area contributed by atoms with Crippen molar-refractivity contribution in [2.75, 3.05) is 6.54 Å². The van der Waals surface area contributed by atoms with Crippen LogP contribution in [0.2, 0.25) is 0 Å². The first-order chi connectivity index (χ1) is 8.12. The molecule has 0 bridgehead atoms. The number of nitrogens with one attached hydrogen (secondary N) is 1. The van der Waals surface area contributed by atoms with Gasteiger partial charge in [0, 0.05) is 6.04 Å².